The predicted molar refractivity (Wildman–Crippen MR) is 68.7 cm³/mol. The molecule has 100 valence electrons. The van der Waals surface area contributed by atoms with Gasteiger partial charge in [-0.25, -0.2) is 4.39 Å². The van der Waals surface area contributed by atoms with E-state index in [0.717, 1.165) is 6.42 Å². The van der Waals surface area contributed by atoms with Crippen LogP contribution in [0, 0.1) is 5.82 Å². The summed E-state index contributed by atoms with van der Waals surface area (Å²) in [5.41, 5.74) is 6.08. The minimum Gasteiger partial charge on any atom is -0.476 e. The Morgan fingerprint density at radius 2 is 1.84 bits per heavy atom. The molecule has 2 rings (SSSR count). The van der Waals surface area contributed by atoms with Crippen molar-refractivity contribution in [3.8, 4) is 17.5 Å². The Morgan fingerprint density at radius 1 is 1.16 bits per heavy atom. The van der Waals surface area contributed by atoms with Gasteiger partial charge in [0.25, 0.3) is 0 Å². The molecule has 1 heterocycles. The molecule has 0 aliphatic heterocycles. The quantitative estimate of drug-likeness (QED) is 0.898. The van der Waals surface area contributed by atoms with E-state index in [4.69, 9.17) is 15.2 Å². The van der Waals surface area contributed by atoms with Crippen molar-refractivity contribution in [1.82, 2.24) is 9.97 Å². The van der Waals surface area contributed by atoms with Gasteiger partial charge in [-0.2, -0.15) is 9.97 Å². The minimum absolute atomic E-state index is 0.188. The highest BCUT2D eigenvalue weighted by Gasteiger charge is 2.11. The van der Waals surface area contributed by atoms with Crippen molar-refractivity contribution in [2.24, 2.45) is 0 Å². The maximum atomic E-state index is 12.8. The van der Waals surface area contributed by atoms with Crippen LogP contribution in [-0.2, 0) is 0 Å². The van der Waals surface area contributed by atoms with Gasteiger partial charge in [-0.3, -0.25) is 0 Å². The van der Waals surface area contributed by atoms with Crippen LogP contribution in [-0.4, -0.2) is 16.6 Å². The molecule has 0 spiro atoms. The summed E-state index contributed by atoms with van der Waals surface area (Å²) in [4.78, 5) is 7.87. The lowest BCUT2D eigenvalue weighted by Crippen LogP contribution is -2.04. The molecule has 0 radical (unpaired) electrons. The molecule has 0 aliphatic carbocycles. The maximum absolute atomic E-state index is 12.8. The summed E-state index contributed by atoms with van der Waals surface area (Å²) in [6.07, 6.45) is 2.15. The first-order valence-corrected chi connectivity index (χ1v) is 5.87. The zero-order valence-corrected chi connectivity index (χ0v) is 10.5. The number of nitrogens with zero attached hydrogens (tertiary/aromatic N) is 2. The van der Waals surface area contributed by atoms with E-state index < -0.39 is 0 Å². The van der Waals surface area contributed by atoms with Gasteiger partial charge in [0, 0.05) is 0 Å². The highest BCUT2D eigenvalue weighted by molar-refractivity contribution is 5.56. The van der Waals surface area contributed by atoms with E-state index in [0.29, 0.717) is 12.4 Å². The molecule has 0 saturated carbocycles. The van der Waals surface area contributed by atoms with Crippen LogP contribution in [0.25, 0.3) is 0 Å². The van der Waals surface area contributed by atoms with Crippen LogP contribution < -0.4 is 15.2 Å². The molecule has 2 N–H and O–H groups in total. The molecule has 6 heteroatoms. The highest BCUT2D eigenvalue weighted by Crippen LogP contribution is 2.30. The summed E-state index contributed by atoms with van der Waals surface area (Å²) in [6.45, 7) is 2.49. The van der Waals surface area contributed by atoms with E-state index in [1.165, 1.54) is 30.6 Å². The maximum Gasteiger partial charge on any atom is 0.249 e. The first-order chi connectivity index (χ1) is 9.20. The third-order valence-electron chi connectivity index (χ3n) is 2.28. The summed E-state index contributed by atoms with van der Waals surface area (Å²) < 4.78 is 23.6. The summed E-state index contributed by atoms with van der Waals surface area (Å²) in [5, 5.41) is 0. The fourth-order valence-electron chi connectivity index (χ4n) is 1.37. The van der Waals surface area contributed by atoms with Crippen molar-refractivity contribution in [3.05, 3.63) is 36.4 Å². The van der Waals surface area contributed by atoms with Crippen molar-refractivity contribution in [1.29, 1.82) is 0 Å². The van der Waals surface area contributed by atoms with E-state index in [-0.39, 0.29) is 23.3 Å². The number of nitrogen functional groups attached to an aromatic ring is 1. The van der Waals surface area contributed by atoms with Gasteiger partial charge in [-0.05, 0) is 30.7 Å². The van der Waals surface area contributed by atoms with Crippen LogP contribution in [0.5, 0.6) is 17.5 Å². The molecule has 0 amide bonds. The average Bonchev–Trinajstić information content (AvgIpc) is 2.42. The molecular formula is C13H14FN3O2. The van der Waals surface area contributed by atoms with Gasteiger partial charge in [0.15, 0.2) is 5.69 Å². The number of aromatic nitrogens is 2. The molecule has 0 aliphatic rings. The number of halogens is 1. The van der Waals surface area contributed by atoms with Crippen molar-refractivity contribution < 1.29 is 13.9 Å². The smallest absolute Gasteiger partial charge is 0.249 e. The minimum atomic E-state index is -0.338. The summed E-state index contributed by atoms with van der Waals surface area (Å²) in [5.74, 6) is 0.574. The van der Waals surface area contributed by atoms with E-state index in [1.807, 2.05) is 6.92 Å². The average molecular weight is 263 g/mol. The van der Waals surface area contributed by atoms with Gasteiger partial charge in [0.1, 0.15) is 17.9 Å². The first-order valence-electron chi connectivity index (χ1n) is 5.87. The topological polar surface area (TPSA) is 70.3 Å². The number of benzene rings is 1. The second-order valence-electron chi connectivity index (χ2n) is 3.80. The van der Waals surface area contributed by atoms with E-state index in [9.17, 15) is 4.39 Å². The zero-order chi connectivity index (χ0) is 13.7. The predicted octanol–water partition coefficient (Wildman–Crippen LogP) is 2.78. The number of rotatable bonds is 5. The normalized spacial score (nSPS) is 10.2. The van der Waals surface area contributed by atoms with Gasteiger partial charge < -0.3 is 15.2 Å². The largest absolute Gasteiger partial charge is 0.476 e. The molecule has 0 atom stereocenters. The number of hydrogen-bond acceptors (Lipinski definition) is 5. The molecule has 2 aromatic rings. The van der Waals surface area contributed by atoms with Gasteiger partial charge in [-0.1, -0.05) is 6.92 Å². The summed E-state index contributed by atoms with van der Waals surface area (Å²) in [7, 11) is 0. The monoisotopic (exact) mass is 263 g/mol. The Bertz CT molecular complexity index is 546. The Kier molecular flexibility index (Phi) is 4.12. The molecule has 19 heavy (non-hydrogen) atoms. The van der Waals surface area contributed by atoms with Crippen LogP contribution in [0.2, 0.25) is 0 Å². The van der Waals surface area contributed by atoms with Crippen LogP contribution in [0.15, 0.2) is 30.6 Å². The van der Waals surface area contributed by atoms with Crippen molar-refractivity contribution in [3.63, 3.8) is 0 Å². The molecule has 0 unspecified atom stereocenters. The lowest BCUT2D eigenvalue weighted by molar-refractivity contribution is 0.304. The molecule has 1 aromatic carbocycles. The van der Waals surface area contributed by atoms with Gasteiger partial charge in [0.2, 0.25) is 11.8 Å². The number of hydrogen-bond donors (Lipinski definition) is 1. The van der Waals surface area contributed by atoms with Crippen LogP contribution in [0.3, 0.4) is 0 Å². The van der Waals surface area contributed by atoms with Crippen LogP contribution >= 0.6 is 0 Å². The lowest BCUT2D eigenvalue weighted by atomic mass is 10.3. The lowest BCUT2D eigenvalue weighted by Gasteiger charge is -2.10. The Morgan fingerprint density at radius 3 is 2.53 bits per heavy atom. The van der Waals surface area contributed by atoms with E-state index in [2.05, 4.69) is 9.97 Å². The molecule has 1 aromatic heterocycles. The van der Waals surface area contributed by atoms with Gasteiger partial charge >= 0.3 is 0 Å². The molecule has 5 nitrogen and oxygen atoms in total. The van der Waals surface area contributed by atoms with Crippen LogP contribution in [0.1, 0.15) is 13.3 Å². The van der Waals surface area contributed by atoms with E-state index >= 15 is 0 Å². The van der Waals surface area contributed by atoms with Gasteiger partial charge in [-0.15, -0.1) is 0 Å². The number of anilines is 1. The molecular weight excluding hydrogens is 249 g/mol. The van der Waals surface area contributed by atoms with Crippen molar-refractivity contribution >= 4 is 5.69 Å². The Hall–Kier alpha value is -2.37. The standard InChI is InChI=1S/C13H14FN3O2/c1-2-7-18-12-11(15)13(17-8-16-12)19-10-5-3-9(14)4-6-10/h3-6,8H,2,7,15H2,1H3. The SMILES string of the molecule is CCCOc1ncnc(Oc2ccc(F)cc2)c1N. The van der Waals surface area contributed by atoms with Crippen molar-refractivity contribution in [2.75, 3.05) is 12.3 Å². The van der Waals surface area contributed by atoms with Crippen molar-refractivity contribution in [2.45, 2.75) is 13.3 Å². The fourth-order valence-corrected chi connectivity index (χ4v) is 1.37. The third-order valence-corrected chi connectivity index (χ3v) is 2.28. The Balaban J connectivity index is 2.18. The van der Waals surface area contributed by atoms with E-state index in [1.54, 1.807) is 0 Å². The molecule has 0 bridgehead atoms. The molecule has 0 fully saturated rings. The van der Waals surface area contributed by atoms with Crippen LogP contribution in [0.4, 0.5) is 10.1 Å². The fraction of sp³-hybridized carbons (Fsp3) is 0.231. The van der Waals surface area contributed by atoms with Gasteiger partial charge in [0.05, 0.1) is 6.61 Å². The highest BCUT2D eigenvalue weighted by atomic mass is 19.1. The summed E-state index contributed by atoms with van der Waals surface area (Å²) in [6, 6.07) is 5.56. The molecule has 0 saturated heterocycles. The second-order valence-corrected chi connectivity index (χ2v) is 3.80. The first kappa shape index (κ1) is 13.1. The Labute approximate surface area is 110 Å². The zero-order valence-electron chi connectivity index (χ0n) is 10.5. The number of nitrogens with two attached hydrogens (primary N) is 1. The summed E-state index contributed by atoms with van der Waals surface area (Å²) >= 11 is 0. The third kappa shape index (κ3) is 3.31. The number of ether oxygens (including phenoxy) is 2. The second kappa shape index (κ2) is 5.99.